The van der Waals surface area contributed by atoms with Gasteiger partial charge >= 0.3 is 5.97 Å². The highest BCUT2D eigenvalue weighted by Crippen LogP contribution is 2.20. The molecule has 0 atom stereocenters. The number of esters is 1. The molecule has 1 aliphatic heterocycles. The van der Waals surface area contributed by atoms with Gasteiger partial charge in [-0.1, -0.05) is 30.3 Å². The number of benzene rings is 2. The van der Waals surface area contributed by atoms with Gasteiger partial charge in [0.15, 0.2) is 0 Å². The smallest absolute Gasteiger partial charge is 0.338 e. The predicted octanol–water partition coefficient (Wildman–Crippen LogP) is 3.12. The van der Waals surface area contributed by atoms with Crippen LogP contribution in [0.5, 0.6) is 0 Å². The van der Waals surface area contributed by atoms with Crippen LogP contribution in [0.1, 0.15) is 39.6 Å². The van der Waals surface area contributed by atoms with E-state index in [0.717, 1.165) is 25.6 Å². The average molecular weight is 411 g/mol. The van der Waals surface area contributed by atoms with Gasteiger partial charge in [-0.2, -0.15) is 0 Å². The van der Waals surface area contributed by atoms with Crippen molar-refractivity contribution >= 4 is 17.6 Å². The Labute approximate surface area is 175 Å². The number of nitrogens with zero attached hydrogens (tertiary/aromatic N) is 3. The number of hydrogen-bond donors (Lipinski definition) is 0. The molecule has 3 rings (SSSR count). The van der Waals surface area contributed by atoms with Gasteiger partial charge in [-0.15, -0.1) is 0 Å². The van der Waals surface area contributed by atoms with Crippen molar-refractivity contribution in [1.29, 1.82) is 0 Å². The fourth-order valence-corrected chi connectivity index (χ4v) is 3.53. The van der Waals surface area contributed by atoms with E-state index in [0.29, 0.717) is 19.6 Å². The van der Waals surface area contributed by atoms with Gasteiger partial charge < -0.3 is 9.64 Å². The minimum Gasteiger partial charge on any atom is -0.462 e. The van der Waals surface area contributed by atoms with E-state index in [1.807, 2.05) is 18.2 Å². The van der Waals surface area contributed by atoms with Gasteiger partial charge in [0.1, 0.15) is 0 Å². The monoisotopic (exact) mass is 411 g/mol. The number of carbonyl (C=O) groups is 2. The number of carbonyl (C=O) groups excluding carboxylic acids is 2. The van der Waals surface area contributed by atoms with Crippen LogP contribution in [0.25, 0.3) is 0 Å². The Morgan fingerprint density at radius 1 is 1.03 bits per heavy atom. The fourth-order valence-electron chi connectivity index (χ4n) is 3.53. The van der Waals surface area contributed by atoms with Crippen LogP contribution in [0.2, 0.25) is 0 Å². The van der Waals surface area contributed by atoms with E-state index in [1.165, 1.54) is 17.7 Å². The molecular formula is C22H25N3O5. The lowest BCUT2D eigenvalue weighted by molar-refractivity contribution is -0.384. The summed E-state index contributed by atoms with van der Waals surface area (Å²) in [6, 6.07) is 13.9. The normalized spacial score (nSPS) is 14.8. The van der Waals surface area contributed by atoms with E-state index in [2.05, 4.69) is 17.0 Å². The predicted molar refractivity (Wildman–Crippen MR) is 111 cm³/mol. The molecule has 0 radical (unpaired) electrons. The summed E-state index contributed by atoms with van der Waals surface area (Å²) < 4.78 is 4.94. The van der Waals surface area contributed by atoms with E-state index in [1.54, 1.807) is 11.8 Å². The zero-order chi connectivity index (χ0) is 21.5. The summed E-state index contributed by atoms with van der Waals surface area (Å²) in [7, 11) is 0. The van der Waals surface area contributed by atoms with Crippen molar-refractivity contribution in [3.8, 4) is 0 Å². The number of amides is 1. The van der Waals surface area contributed by atoms with Gasteiger partial charge in [0.25, 0.3) is 11.6 Å². The molecule has 1 heterocycles. The molecule has 0 bridgehead atoms. The van der Waals surface area contributed by atoms with Crippen LogP contribution in [0, 0.1) is 10.1 Å². The first-order chi connectivity index (χ1) is 14.5. The van der Waals surface area contributed by atoms with Crippen LogP contribution in [0.15, 0.2) is 48.5 Å². The molecule has 2 aromatic rings. The first-order valence-electron chi connectivity index (χ1n) is 10.00. The molecule has 1 aliphatic rings. The van der Waals surface area contributed by atoms with Crippen molar-refractivity contribution in [3.05, 3.63) is 75.3 Å². The van der Waals surface area contributed by atoms with Crippen LogP contribution < -0.4 is 0 Å². The molecule has 0 aliphatic carbocycles. The van der Waals surface area contributed by atoms with Crippen LogP contribution in [0.4, 0.5) is 5.69 Å². The van der Waals surface area contributed by atoms with Crippen molar-refractivity contribution in [1.82, 2.24) is 9.80 Å². The number of non-ortho nitro benzene ring substituents is 1. The van der Waals surface area contributed by atoms with Gasteiger partial charge in [-0.25, -0.2) is 4.79 Å². The van der Waals surface area contributed by atoms with Crippen LogP contribution in [-0.4, -0.2) is 59.4 Å². The Balaban J connectivity index is 1.74. The minimum atomic E-state index is -0.680. The van der Waals surface area contributed by atoms with Crippen molar-refractivity contribution in [2.24, 2.45) is 0 Å². The summed E-state index contributed by atoms with van der Waals surface area (Å²) in [5, 5.41) is 11.3. The molecule has 1 saturated heterocycles. The molecule has 0 unspecified atom stereocenters. The van der Waals surface area contributed by atoms with Crippen molar-refractivity contribution in [3.63, 3.8) is 0 Å². The SMILES string of the molecule is CCOC(=O)c1cc(C(=O)N2CCCN(Cc3ccccc3)CC2)cc([N+](=O)[O-])c1. The van der Waals surface area contributed by atoms with Gasteiger partial charge in [-0.05, 0) is 25.0 Å². The van der Waals surface area contributed by atoms with E-state index < -0.39 is 10.9 Å². The number of nitro groups is 1. The van der Waals surface area contributed by atoms with E-state index in [-0.39, 0.29) is 29.3 Å². The molecule has 0 spiro atoms. The molecule has 0 aromatic heterocycles. The third-order valence-electron chi connectivity index (χ3n) is 5.01. The first kappa shape index (κ1) is 21.4. The van der Waals surface area contributed by atoms with Crippen molar-refractivity contribution in [2.45, 2.75) is 19.9 Å². The Hall–Kier alpha value is -3.26. The zero-order valence-electron chi connectivity index (χ0n) is 17.0. The van der Waals surface area contributed by atoms with Crippen LogP contribution >= 0.6 is 0 Å². The summed E-state index contributed by atoms with van der Waals surface area (Å²) in [5.74, 6) is -0.994. The second-order valence-corrected chi connectivity index (χ2v) is 7.15. The Kier molecular flexibility index (Phi) is 7.13. The van der Waals surface area contributed by atoms with Crippen molar-refractivity contribution < 1.29 is 19.2 Å². The molecule has 2 aromatic carbocycles. The maximum atomic E-state index is 13.1. The number of rotatable bonds is 6. The first-order valence-corrected chi connectivity index (χ1v) is 10.00. The second-order valence-electron chi connectivity index (χ2n) is 7.15. The fraction of sp³-hybridized carbons (Fsp3) is 0.364. The summed E-state index contributed by atoms with van der Waals surface area (Å²) >= 11 is 0. The highest BCUT2D eigenvalue weighted by molar-refractivity contribution is 5.99. The quantitative estimate of drug-likeness (QED) is 0.412. The lowest BCUT2D eigenvalue weighted by Gasteiger charge is -2.22. The molecule has 0 saturated carbocycles. The third-order valence-corrected chi connectivity index (χ3v) is 5.01. The molecule has 8 heteroatoms. The Morgan fingerprint density at radius 3 is 2.47 bits per heavy atom. The molecular weight excluding hydrogens is 386 g/mol. The highest BCUT2D eigenvalue weighted by Gasteiger charge is 2.24. The molecule has 1 amide bonds. The standard InChI is InChI=1S/C22H25N3O5/c1-2-30-22(27)19-13-18(14-20(15-19)25(28)29)21(26)24-10-6-9-23(11-12-24)16-17-7-4-3-5-8-17/h3-5,7-8,13-15H,2,6,9-12,16H2,1H3. The average Bonchev–Trinajstić information content (AvgIpc) is 2.99. The summed E-state index contributed by atoms with van der Waals surface area (Å²) in [5.41, 5.74) is 1.05. The Morgan fingerprint density at radius 2 is 1.77 bits per heavy atom. The summed E-state index contributed by atoms with van der Waals surface area (Å²) in [6.45, 7) is 5.26. The summed E-state index contributed by atoms with van der Waals surface area (Å²) in [6.07, 6.45) is 0.804. The number of hydrogen-bond acceptors (Lipinski definition) is 6. The summed E-state index contributed by atoms with van der Waals surface area (Å²) in [4.78, 5) is 39.8. The van der Waals surface area contributed by atoms with Gasteiger partial charge in [0.2, 0.25) is 0 Å². The molecule has 30 heavy (non-hydrogen) atoms. The van der Waals surface area contributed by atoms with Crippen molar-refractivity contribution in [2.75, 3.05) is 32.8 Å². The largest absolute Gasteiger partial charge is 0.462 e. The van der Waals surface area contributed by atoms with Crippen LogP contribution in [-0.2, 0) is 11.3 Å². The third kappa shape index (κ3) is 5.42. The molecule has 158 valence electrons. The maximum Gasteiger partial charge on any atom is 0.338 e. The van der Waals surface area contributed by atoms with Gasteiger partial charge in [-0.3, -0.25) is 19.8 Å². The lowest BCUT2D eigenvalue weighted by Crippen LogP contribution is -2.35. The van der Waals surface area contributed by atoms with Crippen LogP contribution in [0.3, 0.4) is 0 Å². The molecule has 8 nitrogen and oxygen atoms in total. The van der Waals surface area contributed by atoms with E-state index in [4.69, 9.17) is 4.74 Å². The zero-order valence-corrected chi connectivity index (χ0v) is 17.0. The number of ether oxygens (including phenoxy) is 1. The number of nitro benzene ring substituents is 1. The van der Waals surface area contributed by atoms with E-state index in [9.17, 15) is 19.7 Å². The minimum absolute atomic E-state index is 0.00919. The molecule has 1 fully saturated rings. The Bertz CT molecular complexity index is 916. The van der Waals surface area contributed by atoms with Gasteiger partial charge in [0.05, 0.1) is 17.1 Å². The van der Waals surface area contributed by atoms with Gasteiger partial charge in [0, 0.05) is 50.4 Å². The topological polar surface area (TPSA) is 93.0 Å². The lowest BCUT2D eigenvalue weighted by atomic mass is 10.1. The second kappa shape index (κ2) is 9.98. The maximum absolute atomic E-state index is 13.1. The highest BCUT2D eigenvalue weighted by atomic mass is 16.6. The molecule has 0 N–H and O–H groups in total. The van der Waals surface area contributed by atoms with E-state index >= 15 is 0 Å².